The summed E-state index contributed by atoms with van der Waals surface area (Å²) in [5.74, 6) is 1.74. The molecule has 2 saturated carbocycles. The maximum absolute atomic E-state index is 10.4. The minimum atomic E-state index is -0.656. The quantitative estimate of drug-likeness (QED) is 0.705. The normalized spacial score (nSPS) is 38.6. The van der Waals surface area contributed by atoms with Crippen molar-refractivity contribution >= 4 is 0 Å². The van der Waals surface area contributed by atoms with Crippen molar-refractivity contribution in [1.82, 2.24) is 0 Å². The number of aliphatic hydroxyl groups excluding tert-OH is 2. The minimum absolute atomic E-state index is 0.125. The van der Waals surface area contributed by atoms with Crippen LogP contribution in [0.1, 0.15) is 72.6 Å². The van der Waals surface area contributed by atoms with E-state index in [-0.39, 0.29) is 24.0 Å². The first-order valence-electron chi connectivity index (χ1n) is 9.20. The van der Waals surface area contributed by atoms with Crippen LogP contribution in [-0.2, 0) is 0 Å². The summed E-state index contributed by atoms with van der Waals surface area (Å²) in [4.78, 5) is 0. The van der Waals surface area contributed by atoms with Crippen molar-refractivity contribution in [2.24, 2.45) is 29.1 Å². The van der Waals surface area contributed by atoms with E-state index in [1.807, 2.05) is 13.8 Å². The van der Waals surface area contributed by atoms with E-state index < -0.39 is 5.60 Å². The highest BCUT2D eigenvalue weighted by molar-refractivity contribution is 5.02. The van der Waals surface area contributed by atoms with Crippen molar-refractivity contribution in [3.05, 3.63) is 0 Å². The van der Waals surface area contributed by atoms with Crippen LogP contribution in [0.4, 0.5) is 0 Å². The van der Waals surface area contributed by atoms with Crippen LogP contribution in [0.15, 0.2) is 0 Å². The molecule has 2 aliphatic rings. The molecule has 3 unspecified atom stereocenters. The summed E-state index contributed by atoms with van der Waals surface area (Å²) in [6.07, 6.45) is 7.11. The summed E-state index contributed by atoms with van der Waals surface area (Å²) in [6.45, 7) is 8.55. The third-order valence-electron chi connectivity index (χ3n) is 6.90. The molecule has 3 nitrogen and oxygen atoms in total. The highest BCUT2D eigenvalue weighted by atomic mass is 16.3. The molecule has 3 N–H and O–H groups in total. The van der Waals surface area contributed by atoms with Gasteiger partial charge in [0, 0.05) is 6.61 Å². The van der Waals surface area contributed by atoms with Gasteiger partial charge in [-0.3, -0.25) is 0 Å². The second kappa shape index (κ2) is 6.78. The van der Waals surface area contributed by atoms with Crippen LogP contribution in [0.25, 0.3) is 0 Å². The fraction of sp³-hybridized carbons (Fsp3) is 1.00. The number of hydrogen-bond acceptors (Lipinski definition) is 3. The summed E-state index contributed by atoms with van der Waals surface area (Å²) in [5, 5.41) is 30.2. The Bertz CT molecular complexity index is 362. The van der Waals surface area contributed by atoms with Crippen LogP contribution >= 0.6 is 0 Å². The number of hydrogen-bond donors (Lipinski definition) is 3. The molecule has 2 aliphatic carbocycles. The fourth-order valence-electron chi connectivity index (χ4n) is 5.44. The van der Waals surface area contributed by atoms with Gasteiger partial charge in [0.1, 0.15) is 0 Å². The highest BCUT2D eigenvalue weighted by Crippen LogP contribution is 2.58. The second-order valence-corrected chi connectivity index (χ2v) is 8.91. The van der Waals surface area contributed by atoms with Gasteiger partial charge in [0.2, 0.25) is 0 Å². The maximum Gasteiger partial charge on any atom is 0.0591 e. The molecule has 2 rings (SSSR count). The molecule has 6 atom stereocenters. The molecule has 3 heteroatoms. The summed E-state index contributed by atoms with van der Waals surface area (Å²) in [7, 11) is 0. The Kier molecular flexibility index (Phi) is 5.62. The van der Waals surface area contributed by atoms with Crippen LogP contribution in [0, 0.1) is 29.1 Å². The first kappa shape index (κ1) is 18.2. The molecule has 0 spiro atoms. The number of fused-ring (bicyclic) bond motifs is 1. The molecule has 0 aromatic carbocycles. The first-order valence-corrected chi connectivity index (χ1v) is 9.20. The molecule has 0 aromatic rings. The molecule has 0 saturated heterocycles. The molecular weight excluding hydrogens is 276 g/mol. The average Bonchev–Trinajstić information content (AvgIpc) is 2.76. The Morgan fingerprint density at radius 1 is 1.23 bits per heavy atom. The van der Waals surface area contributed by atoms with Crippen molar-refractivity contribution in [3.63, 3.8) is 0 Å². The average molecular weight is 312 g/mol. The van der Waals surface area contributed by atoms with Crippen LogP contribution in [-0.4, -0.2) is 33.6 Å². The summed E-state index contributed by atoms with van der Waals surface area (Å²) < 4.78 is 0. The second-order valence-electron chi connectivity index (χ2n) is 8.91. The van der Waals surface area contributed by atoms with Gasteiger partial charge in [0.05, 0.1) is 11.7 Å². The lowest BCUT2D eigenvalue weighted by Gasteiger charge is -2.46. The van der Waals surface area contributed by atoms with Crippen molar-refractivity contribution in [1.29, 1.82) is 0 Å². The molecule has 130 valence electrons. The van der Waals surface area contributed by atoms with E-state index in [4.69, 9.17) is 0 Å². The molecule has 0 radical (unpaired) electrons. The molecule has 0 aromatic heterocycles. The van der Waals surface area contributed by atoms with Gasteiger partial charge < -0.3 is 15.3 Å². The van der Waals surface area contributed by atoms with E-state index in [1.54, 1.807) is 0 Å². The van der Waals surface area contributed by atoms with Gasteiger partial charge in [-0.25, -0.2) is 0 Å². The summed E-state index contributed by atoms with van der Waals surface area (Å²) >= 11 is 0. The van der Waals surface area contributed by atoms with Crippen LogP contribution < -0.4 is 0 Å². The van der Waals surface area contributed by atoms with E-state index in [1.165, 1.54) is 12.8 Å². The topological polar surface area (TPSA) is 60.7 Å². The van der Waals surface area contributed by atoms with E-state index in [0.29, 0.717) is 17.8 Å². The van der Waals surface area contributed by atoms with E-state index >= 15 is 0 Å². The molecule has 0 amide bonds. The monoisotopic (exact) mass is 312 g/mol. The Morgan fingerprint density at radius 2 is 1.91 bits per heavy atom. The summed E-state index contributed by atoms with van der Waals surface area (Å²) in [5.41, 5.74) is -0.421. The highest BCUT2D eigenvalue weighted by Gasteiger charge is 2.53. The zero-order valence-electron chi connectivity index (χ0n) is 14.9. The van der Waals surface area contributed by atoms with Gasteiger partial charge in [-0.15, -0.1) is 0 Å². The Morgan fingerprint density at radius 3 is 2.50 bits per heavy atom. The fourth-order valence-corrected chi connectivity index (χ4v) is 5.44. The van der Waals surface area contributed by atoms with Crippen molar-refractivity contribution in [2.75, 3.05) is 6.61 Å². The van der Waals surface area contributed by atoms with Crippen molar-refractivity contribution < 1.29 is 15.3 Å². The number of aliphatic hydroxyl groups is 3. The first-order chi connectivity index (χ1) is 10.2. The smallest absolute Gasteiger partial charge is 0.0591 e. The van der Waals surface area contributed by atoms with Gasteiger partial charge in [0.15, 0.2) is 0 Å². The van der Waals surface area contributed by atoms with Gasteiger partial charge in [-0.2, -0.15) is 0 Å². The molecular formula is C19H36O3. The standard InChI is InChI=1S/C19H36O3/c1-13(14(12-20)9-11-18(2,3)22)15-7-8-16-17(21)6-5-10-19(15,16)4/h13-17,20-22H,5-12H2,1-4H3/t13-,14?,15?,16?,17-,19+/m0/s1. The Labute approximate surface area is 136 Å². The Balaban J connectivity index is 2.05. The lowest BCUT2D eigenvalue weighted by molar-refractivity contribution is -0.0385. The Hall–Kier alpha value is -0.120. The van der Waals surface area contributed by atoms with Crippen LogP contribution in [0.3, 0.4) is 0 Å². The van der Waals surface area contributed by atoms with E-state index in [2.05, 4.69) is 13.8 Å². The van der Waals surface area contributed by atoms with Gasteiger partial charge >= 0.3 is 0 Å². The van der Waals surface area contributed by atoms with Crippen molar-refractivity contribution in [3.8, 4) is 0 Å². The zero-order valence-corrected chi connectivity index (χ0v) is 14.9. The SMILES string of the molecule is C[C@@H](C(CO)CCC(C)(C)O)C1CCC2[C@@H](O)CCC[C@]12C. The summed E-state index contributed by atoms with van der Waals surface area (Å²) in [6, 6.07) is 0. The largest absolute Gasteiger partial charge is 0.396 e. The van der Waals surface area contributed by atoms with Gasteiger partial charge in [-0.05, 0) is 81.5 Å². The molecule has 0 aliphatic heterocycles. The minimum Gasteiger partial charge on any atom is -0.396 e. The van der Waals surface area contributed by atoms with Crippen LogP contribution in [0.5, 0.6) is 0 Å². The zero-order chi connectivity index (χ0) is 16.5. The van der Waals surface area contributed by atoms with E-state index in [0.717, 1.165) is 32.1 Å². The van der Waals surface area contributed by atoms with Crippen molar-refractivity contribution in [2.45, 2.75) is 84.3 Å². The van der Waals surface area contributed by atoms with Crippen LogP contribution in [0.2, 0.25) is 0 Å². The molecule has 22 heavy (non-hydrogen) atoms. The van der Waals surface area contributed by atoms with E-state index in [9.17, 15) is 15.3 Å². The predicted octanol–water partition coefficient (Wildman–Crippen LogP) is 3.36. The molecule has 2 fully saturated rings. The predicted molar refractivity (Wildman–Crippen MR) is 89.5 cm³/mol. The third kappa shape index (κ3) is 3.68. The lowest BCUT2D eigenvalue weighted by Crippen LogP contribution is -2.43. The number of rotatable bonds is 6. The lowest BCUT2D eigenvalue weighted by atomic mass is 9.60. The van der Waals surface area contributed by atoms with Gasteiger partial charge in [0.25, 0.3) is 0 Å². The van der Waals surface area contributed by atoms with Gasteiger partial charge in [-0.1, -0.05) is 20.3 Å². The molecule has 0 heterocycles. The maximum atomic E-state index is 10.4. The third-order valence-corrected chi connectivity index (χ3v) is 6.90. The molecule has 0 bridgehead atoms.